The van der Waals surface area contributed by atoms with Crippen LogP contribution >= 0.6 is 11.6 Å². The first-order chi connectivity index (χ1) is 8.52. The predicted molar refractivity (Wildman–Crippen MR) is 73.8 cm³/mol. The Bertz CT molecular complexity index is 371. The van der Waals surface area contributed by atoms with Crippen molar-refractivity contribution in [3.63, 3.8) is 0 Å². The van der Waals surface area contributed by atoms with Gasteiger partial charge in [-0.1, -0.05) is 19.9 Å². The highest BCUT2D eigenvalue weighted by Gasteiger charge is 2.07. The second-order valence-corrected chi connectivity index (χ2v) is 5.44. The highest BCUT2D eigenvalue weighted by molar-refractivity contribution is 6.20. The number of alkyl halides is 1. The van der Waals surface area contributed by atoms with E-state index in [0.717, 1.165) is 18.5 Å². The summed E-state index contributed by atoms with van der Waals surface area (Å²) in [5.74, 6) is 0.530. The molecule has 0 aliphatic rings. The fourth-order valence-electron chi connectivity index (χ4n) is 1.79. The maximum Gasteiger partial charge on any atom is 0.165 e. The van der Waals surface area contributed by atoms with Crippen LogP contribution in [0.15, 0.2) is 18.2 Å². The summed E-state index contributed by atoms with van der Waals surface area (Å²) in [6.45, 7) is 5.64. The van der Waals surface area contributed by atoms with Gasteiger partial charge in [-0.3, -0.25) is 0 Å². The van der Waals surface area contributed by atoms with Crippen molar-refractivity contribution in [3.05, 3.63) is 29.6 Å². The minimum absolute atomic E-state index is 0.119. The van der Waals surface area contributed by atoms with Crippen molar-refractivity contribution in [2.45, 2.75) is 32.2 Å². The minimum Gasteiger partial charge on any atom is -0.494 e. The van der Waals surface area contributed by atoms with Gasteiger partial charge in [-0.15, -0.1) is 11.6 Å². The maximum atomic E-state index is 13.4. The molecule has 2 nitrogen and oxygen atoms in total. The predicted octanol–water partition coefficient (Wildman–Crippen LogP) is 3.58. The van der Waals surface area contributed by atoms with Gasteiger partial charge in [0.2, 0.25) is 0 Å². The van der Waals surface area contributed by atoms with E-state index in [1.54, 1.807) is 6.07 Å². The molecule has 1 unspecified atom stereocenters. The van der Waals surface area contributed by atoms with E-state index >= 15 is 0 Å². The van der Waals surface area contributed by atoms with Gasteiger partial charge in [0, 0.05) is 18.5 Å². The van der Waals surface area contributed by atoms with Crippen LogP contribution in [-0.2, 0) is 6.54 Å². The number of benzene rings is 1. The number of nitrogens with one attached hydrogen (secondary N) is 1. The summed E-state index contributed by atoms with van der Waals surface area (Å²) in [7, 11) is 1.46. The van der Waals surface area contributed by atoms with Crippen molar-refractivity contribution in [1.29, 1.82) is 0 Å². The van der Waals surface area contributed by atoms with Crippen molar-refractivity contribution in [1.82, 2.24) is 5.32 Å². The topological polar surface area (TPSA) is 21.3 Å². The number of hydrogen-bond donors (Lipinski definition) is 1. The quantitative estimate of drug-likeness (QED) is 0.767. The Morgan fingerprint density at radius 1 is 1.39 bits per heavy atom. The average Bonchev–Trinajstić information content (AvgIpc) is 2.28. The summed E-state index contributed by atoms with van der Waals surface area (Å²) < 4.78 is 18.3. The molecule has 1 rings (SSSR count). The van der Waals surface area contributed by atoms with E-state index in [1.807, 2.05) is 6.07 Å². The second kappa shape index (κ2) is 7.59. The standard InChI is InChI=1S/C14H21ClFNO/c1-10(2)6-12(15)9-17-8-11-4-5-14(18-3)13(16)7-11/h4-5,7,10,12,17H,6,8-9H2,1-3H3. The lowest BCUT2D eigenvalue weighted by Gasteiger charge is -2.13. The zero-order valence-electron chi connectivity index (χ0n) is 11.2. The normalized spacial score (nSPS) is 12.8. The van der Waals surface area contributed by atoms with Crippen LogP contribution in [0.2, 0.25) is 0 Å². The molecular formula is C14H21ClFNO. The molecule has 102 valence electrons. The molecule has 0 spiro atoms. The van der Waals surface area contributed by atoms with Gasteiger partial charge in [-0.25, -0.2) is 4.39 Å². The van der Waals surface area contributed by atoms with Crippen LogP contribution in [-0.4, -0.2) is 19.0 Å². The van der Waals surface area contributed by atoms with Gasteiger partial charge < -0.3 is 10.1 Å². The Morgan fingerprint density at radius 2 is 2.11 bits per heavy atom. The molecule has 1 aromatic rings. The van der Waals surface area contributed by atoms with Crippen LogP contribution in [0, 0.1) is 11.7 Å². The van der Waals surface area contributed by atoms with Crippen molar-refractivity contribution < 1.29 is 9.13 Å². The fraction of sp³-hybridized carbons (Fsp3) is 0.571. The Labute approximate surface area is 113 Å². The molecule has 0 saturated carbocycles. The zero-order chi connectivity index (χ0) is 13.5. The summed E-state index contributed by atoms with van der Waals surface area (Å²) in [5.41, 5.74) is 0.890. The van der Waals surface area contributed by atoms with Crippen LogP contribution in [0.1, 0.15) is 25.8 Å². The molecule has 1 N–H and O–H groups in total. The Hall–Kier alpha value is -0.800. The molecule has 0 heterocycles. The van der Waals surface area contributed by atoms with E-state index in [9.17, 15) is 4.39 Å². The smallest absolute Gasteiger partial charge is 0.165 e. The first kappa shape index (κ1) is 15.3. The van der Waals surface area contributed by atoms with Gasteiger partial charge >= 0.3 is 0 Å². The number of ether oxygens (including phenoxy) is 1. The van der Waals surface area contributed by atoms with E-state index in [2.05, 4.69) is 19.2 Å². The van der Waals surface area contributed by atoms with Crippen molar-refractivity contribution >= 4 is 11.6 Å². The lowest BCUT2D eigenvalue weighted by atomic mass is 10.1. The van der Waals surface area contributed by atoms with Crippen molar-refractivity contribution in [3.8, 4) is 5.75 Å². The maximum absolute atomic E-state index is 13.4. The summed E-state index contributed by atoms with van der Waals surface area (Å²) in [5, 5.41) is 3.35. The van der Waals surface area contributed by atoms with Gasteiger partial charge in [0.25, 0.3) is 0 Å². The SMILES string of the molecule is COc1ccc(CNCC(Cl)CC(C)C)cc1F. The molecule has 0 aliphatic carbocycles. The molecule has 0 aromatic heterocycles. The number of rotatable bonds is 7. The Kier molecular flexibility index (Phi) is 6.44. The first-order valence-electron chi connectivity index (χ1n) is 6.20. The molecule has 0 bridgehead atoms. The Morgan fingerprint density at radius 3 is 2.67 bits per heavy atom. The zero-order valence-corrected chi connectivity index (χ0v) is 11.9. The molecule has 0 radical (unpaired) electrons. The van der Waals surface area contributed by atoms with E-state index in [1.165, 1.54) is 13.2 Å². The number of halogens is 2. The number of methoxy groups -OCH3 is 1. The summed E-state index contributed by atoms with van der Waals surface area (Å²) in [6, 6.07) is 4.97. The van der Waals surface area contributed by atoms with Crippen LogP contribution in [0.5, 0.6) is 5.75 Å². The van der Waals surface area contributed by atoms with Crippen LogP contribution in [0.25, 0.3) is 0 Å². The third-order valence-electron chi connectivity index (χ3n) is 2.64. The van der Waals surface area contributed by atoms with Gasteiger partial charge in [0.05, 0.1) is 7.11 Å². The minimum atomic E-state index is -0.332. The molecule has 4 heteroatoms. The third-order valence-corrected chi connectivity index (χ3v) is 2.97. The van der Waals surface area contributed by atoms with Gasteiger partial charge in [0.15, 0.2) is 11.6 Å². The first-order valence-corrected chi connectivity index (χ1v) is 6.63. The highest BCUT2D eigenvalue weighted by atomic mass is 35.5. The molecule has 0 saturated heterocycles. The number of hydrogen-bond acceptors (Lipinski definition) is 2. The summed E-state index contributed by atoms with van der Waals surface area (Å²) >= 11 is 6.16. The lowest BCUT2D eigenvalue weighted by Crippen LogP contribution is -2.24. The molecule has 0 fully saturated rings. The molecular weight excluding hydrogens is 253 g/mol. The molecule has 18 heavy (non-hydrogen) atoms. The van der Waals surface area contributed by atoms with Gasteiger partial charge in [0.1, 0.15) is 0 Å². The van der Waals surface area contributed by atoms with E-state index in [4.69, 9.17) is 16.3 Å². The van der Waals surface area contributed by atoms with Gasteiger partial charge in [-0.2, -0.15) is 0 Å². The second-order valence-electron chi connectivity index (χ2n) is 4.83. The van der Waals surface area contributed by atoms with E-state index in [-0.39, 0.29) is 16.9 Å². The third kappa shape index (κ3) is 5.23. The van der Waals surface area contributed by atoms with Gasteiger partial charge in [-0.05, 0) is 30.0 Å². The van der Waals surface area contributed by atoms with Crippen molar-refractivity contribution in [2.24, 2.45) is 5.92 Å². The average molecular weight is 274 g/mol. The highest BCUT2D eigenvalue weighted by Crippen LogP contribution is 2.17. The Balaban J connectivity index is 2.37. The molecule has 1 aromatic carbocycles. The summed E-state index contributed by atoms with van der Waals surface area (Å²) in [4.78, 5) is 0. The van der Waals surface area contributed by atoms with E-state index < -0.39 is 0 Å². The molecule has 0 aliphatic heterocycles. The summed E-state index contributed by atoms with van der Waals surface area (Å²) in [6.07, 6.45) is 0.978. The molecule has 1 atom stereocenters. The van der Waals surface area contributed by atoms with E-state index in [0.29, 0.717) is 12.5 Å². The van der Waals surface area contributed by atoms with Crippen molar-refractivity contribution in [2.75, 3.05) is 13.7 Å². The van der Waals surface area contributed by atoms with Crippen LogP contribution < -0.4 is 10.1 Å². The largest absolute Gasteiger partial charge is 0.494 e. The van der Waals surface area contributed by atoms with Crippen LogP contribution in [0.3, 0.4) is 0 Å². The van der Waals surface area contributed by atoms with Crippen LogP contribution in [0.4, 0.5) is 4.39 Å². The fourth-order valence-corrected chi connectivity index (χ4v) is 2.25. The monoisotopic (exact) mass is 273 g/mol. The lowest BCUT2D eigenvalue weighted by molar-refractivity contribution is 0.386. The molecule has 0 amide bonds.